The van der Waals surface area contributed by atoms with Gasteiger partial charge in [0, 0.05) is 6.42 Å². The van der Waals surface area contributed by atoms with Gasteiger partial charge in [-0.3, -0.25) is 14.4 Å². The Labute approximate surface area is 114 Å². The monoisotopic (exact) mass is 279 g/mol. The molecule has 1 unspecified atom stereocenters. The normalized spacial score (nSPS) is 19.0. The van der Waals surface area contributed by atoms with E-state index in [1.54, 1.807) is 18.2 Å². The first-order valence-corrected chi connectivity index (χ1v) is 6.81. The second-order valence-electron chi connectivity index (χ2n) is 4.30. The predicted octanol–water partition coefficient (Wildman–Crippen LogP) is 1.44. The Bertz CT molecular complexity index is 543. The third-order valence-corrected chi connectivity index (χ3v) is 3.96. The molecule has 0 aromatic heterocycles. The lowest BCUT2D eigenvalue weighted by molar-refractivity contribution is -0.134. The number of carbonyl (C=O) groups is 3. The van der Waals surface area contributed by atoms with Crippen LogP contribution in [0.5, 0.6) is 0 Å². The van der Waals surface area contributed by atoms with E-state index in [9.17, 15) is 14.4 Å². The number of carboxylic acids is 1. The van der Waals surface area contributed by atoms with Gasteiger partial charge in [-0.15, -0.1) is 11.8 Å². The van der Waals surface area contributed by atoms with E-state index < -0.39 is 11.2 Å². The van der Waals surface area contributed by atoms with Gasteiger partial charge in [0.25, 0.3) is 0 Å². The molecule has 1 aromatic rings. The van der Waals surface area contributed by atoms with Crippen LogP contribution in [0.2, 0.25) is 0 Å². The minimum atomic E-state index is -0.987. The molecular formula is C13H13NO4S. The van der Waals surface area contributed by atoms with Crippen LogP contribution in [-0.2, 0) is 14.4 Å². The average Bonchev–Trinajstić information content (AvgIpc) is 2.62. The number of thioether (sulfide) groups is 1. The Morgan fingerprint density at radius 3 is 2.84 bits per heavy atom. The van der Waals surface area contributed by atoms with Crippen molar-refractivity contribution in [3.63, 3.8) is 0 Å². The molecule has 1 aliphatic heterocycles. The lowest BCUT2D eigenvalue weighted by Crippen LogP contribution is -2.31. The number of rotatable bonds is 4. The van der Waals surface area contributed by atoms with E-state index in [1.807, 2.05) is 13.0 Å². The van der Waals surface area contributed by atoms with E-state index in [0.717, 1.165) is 22.2 Å². The summed E-state index contributed by atoms with van der Waals surface area (Å²) >= 11 is 0.995. The van der Waals surface area contributed by atoms with Gasteiger partial charge >= 0.3 is 5.97 Å². The molecule has 5 nitrogen and oxygen atoms in total. The van der Waals surface area contributed by atoms with Crippen LogP contribution in [0.4, 0.5) is 5.69 Å². The molecular weight excluding hydrogens is 266 g/mol. The van der Waals surface area contributed by atoms with Crippen molar-refractivity contribution in [1.29, 1.82) is 0 Å². The molecule has 6 heteroatoms. The molecule has 0 radical (unpaired) electrons. The number of aliphatic carboxylic acids is 1. The van der Waals surface area contributed by atoms with Gasteiger partial charge in [0.2, 0.25) is 11.8 Å². The molecule has 2 amide bonds. The molecule has 1 fully saturated rings. The van der Waals surface area contributed by atoms with E-state index >= 15 is 0 Å². The molecule has 0 aliphatic carbocycles. The van der Waals surface area contributed by atoms with E-state index in [-0.39, 0.29) is 24.0 Å². The average molecular weight is 279 g/mol. The molecule has 1 heterocycles. The van der Waals surface area contributed by atoms with E-state index in [0.29, 0.717) is 5.69 Å². The number of nitrogens with zero attached hydrogens (tertiary/aromatic N) is 1. The second-order valence-corrected chi connectivity index (χ2v) is 5.49. The Balaban J connectivity index is 2.17. The lowest BCUT2D eigenvalue weighted by atomic mass is 10.2. The number of benzene rings is 1. The van der Waals surface area contributed by atoms with Crippen molar-refractivity contribution in [2.24, 2.45) is 0 Å². The molecule has 1 atom stereocenters. The zero-order valence-corrected chi connectivity index (χ0v) is 11.1. The number of hydrogen-bond donors (Lipinski definition) is 1. The van der Waals surface area contributed by atoms with E-state index in [4.69, 9.17) is 5.11 Å². The van der Waals surface area contributed by atoms with E-state index in [2.05, 4.69) is 0 Å². The van der Waals surface area contributed by atoms with Gasteiger partial charge < -0.3 is 5.11 Å². The van der Waals surface area contributed by atoms with Gasteiger partial charge in [-0.05, 0) is 24.6 Å². The summed E-state index contributed by atoms with van der Waals surface area (Å²) in [5.41, 5.74) is 1.51. The molecule has 1 saturated heterocycles. The van der Waals surface area contributed by atoms with Crippen molar-refractivity contribution in [2.45, 2.75) is 18.6 Å². The van der Waals surface area contributed by atoms with Crippen molar-refractivity contribution < 1.29 is 19.5 Å². The van der Waals surface area contributed by atoms with Gasteiger partial charge in [0.05, 0.1) is 16.7 Å². The molecule has 0 spiro atoms. The Hall–Kier alpha value is -1.82. The van der Waals surface area contributed by atoms with Crippen LogP contribution in [-0.4, -0.2) is 33.9 Å². The first kappa shape index (κ1) is 13.6. The molecule has 2 rings (SSSR count). The Morgan fingerprint density at radius 1 is 1.47 bits per heavy atom. The first-order valence-electron chi connectivity index (χ1n) is 5.76. The fourth-order valence-electron chi connectivity index (χ4n) is 1.94. The molecule has 0 bridgehead atoms. The van der Waals surface area contributed by atoms with E-state index in [1.165, 1.54) is 0 Å². The summed E-state index contributed by atoms with van der Waals surface area (Å²) in [4.78, 5) is 35.7. The minimum absolute atomic E-state index is 0.0602. The lowest BCUT2D eigenvalue weighted by Gasteiger charge is -2.15. The summed E-state index contributed by atoms with van der Waals surface area (Å²) in [6, 6.07) is 7.13. The van der Waals surface area contributed by atoms with Crippen LogP contribution < -0.4 is 4.90 Å². The highest BCUT2D eigenvalue weighted by Gasteiger charge is 2.39. The highest BCUT2D eigenvalue weighted by molar-refractivity contribution is 8.01. The van der Waals surface area contributed by atoms with Crippen molar-refractivity contribution in [3.05, 3.63) is 29.8 Å². The molecule has 0 saturated carbocycles. The maximum Gasteiger partial charge on any atom is 0.313 e. The Kier molecular flexibility index (Phi) is 3.90. The predicted molar refractivity (Wildman–Crippen MR) is 72.2 cm³/mol. The van der Waals surface area contributed by atoms with Crippen molar-refractivity contribution >= 4 is 35.2 Å². The van der Waals surface area contributed by atoms with Gasteiger partial charge in [-0.25, -0.2) is 4.90 Å². The summed E-state index contributed by atoms with van der Waals surface area (Å²) in [6.07, 6.45) is 0.0602. The third-order valence-electron chi connectivity index (χ3n) is 2.77. The molecule has 19 heavy (non-hydrogen) atoms. The summed E-state index contributed by atoms with van der Waals surface area (Å²) in [6.45, 7) is 1.88. The fourth-order valence-corrected chi connectivity index (χ4v) is 2.80. The van der Waals surface area contributed by atoms with Crippen molar-refractivity contribution in [3.8, 4) is 0 Å². The Morgan fingerprint density at radius 2 is 2.21 bits per heavy atom. The zero-order chi connectivity index (χ0) is 14.0. The molecule has 1 N–H and O–H groups in total. The number of amides is 2. The molecule has 100 valence electrons. The largest absolute Gasteiger partial charge is 0.481 e. The molecule has 1 aliphatic rings. The number of carbonyl (C=O) groups excluding carboxylic acids is 2. The summed E-state index contributed by atoms with van der Waals surface area (Å²) in [5, 5.41) is 8.02. The maximum atomic E-state index is 12.1. The SMILES string of the molecule is Cc1cccc(N2C(=O)CC(SCC(=O)O)C2=O)c1. The smallest absolute Gasteiger partial charge is 0.313 e. The number of hydrogen-bond acceptors (Lipinski definition) is 4. The fraction of sp³-hybridized carbons (Fsp3) is 0.308. The van der Waals surface area contributed by atoms with Crippen molar-refractivity contribution in [2.75, 3.05) is 10.7 Å². The number of anilines is 1. The van der Waals surface area contributed by atoms with Gasteiger partial charge in [0.15, 0.2) is 0 Å². The van der Waals surface area contributed by atoms with Gasteiger partial charge in [-0.1, -0.05) is 12.1 Å². The number of aryl methyl sites for hydroxylation is 1. The van der Waals surface area contributed by atoms with Crippen LogP contribution in [0, 0.1) is 6.92 Å². The highest BCUT2D eigenvalue weighted by Crippen LogP contribution is 2.29. The summed E-state index contributed by atoms with van der Waals surface area (Å²) in [7, 11) is 0. The number of carboxylic acid groups (broad SMARTS) is 1. The highest BCUT2D eigenvalue weighted by atomic mass is 32.2. The van der Waals surface area contributed by atoms with Crippen LogP contribution >= 0.6 is 11.8 Å². The van der Waals surface area contributed by atoms with Crippen LogP contribution in [0.3, 0.4) is 0 Å². The van der Waals surface area contributed by atoms with Crippen LogP contribution in [0.1, 0.15) is 12.0 Å². The van der Waals surface area contributed by atoms with Gasteiger partial charge in [0.1, 0.15) is 0 Å². The summed E-state index contributed by atoms with van der Waals surface area (Å²) in [5.74, 6) is -1.77. The third kappa shape index (κ3) is 2.96. The van der Waals surface area contributed by atoms with Crippen molar-refractivity contribution in [1.82, 2.24) is 0 Å². The minimum Gasteiger partial charge on any atom is -0.481 e. The summed E-state index contributed by atoms with van der Waals surface area (Å²) < 4.78 is 0. The topological polar surface area (TPSA) is 74.7 Å². The van der Waals surface area contributed by atoms with Crippen LogP contribution in [0.25, 0.3) is 0 Å². The maximum absolute atomic E-state index is 12.1. The second kappa shape index (κ2) is 5.44. The van der Waals surface area contributed by atoms with Crippen LogP contribution in [0.15, 0.2) is 24.3 Å². The first-order chi connectivity index (χ1) is 8.99. The zero-order valence-electron chi connectivity index (χ0n) is 10.3. The van der Waals surface area contributed by atoms with Gasteiger partial charge in [-0.2, -0.15) is 0 Å². The quantitative estimate of drug-likeness (QED) is 0.844. The molecule has 1 aromatic carbocycles. The number of imide groups is 1. The standard InChI is InChI=1S/C13H13NO4S/c1-8-3-2-4-9(5-8)14-11(15)6-10(13(14)18)19-7-12(16)17/h2-5,10H,6-7H2,1H3,(H,16,17).